The Labute approximate surface area is 130 Å². The minimum Gasteiger partial charge on any atom is -0.352 e. The monoisotopic (exact) mass is 309 g/mol. The van der Waals surface area contributed by atoms with Crippen molar-refractivity contribution in [3.8, 4) is 0 Å². The molecule has 4 N–H and O–H groups in total. The molecule has 6 heteroatoms. The van der Waals surface area contributed by atoms with Gasteiger partial charge in [-0.3, -0.25) is 9.59 Å². The zero-order valence-electron chi connectivity index (χ0n) is 12.7. The molecule has 1 rings (SSSR count). The molecule has 0 bridgehead atoms. The highest BCUT2D eigenvalue weighted by atomic mass is 32.2. The number of benzene rings is 1. The van der Waals surface area contributed by atoms with Gasteiger partial charge in [-0.1, -0.05) is 0 Å². The largest absolute Gasteiger partial charge is 0.352 e. The van der Waals surface area contributed by atoms with Gasteiger partial charge >= 0.3 is 0 Å². The van der Waals surface area contributed by atoms with Crippen LogP contribution in [0.15, 0.2) is 18.2 Å². The fourth-order valence-corrected chi connectivity index (χ4v) is 2.30. The van der Waals surface area contributed by atoms with Crippen LogP contribution >= 0.6 is 11.8 Å². The smallest absolute Gasteiger partial charge is 0.251 e. The van der Waals surface area contributed by atoms with E-state index in [4.69, 9.17) is 5.73 Å². The van der Waals surface area contributed by atoms with Crippen molar-refractivity contribution in [1.82, 2.24) is 5.32 Å². The highest BCUT2D eigenvalue weighted by Crippen LogP contribution is 2.17. The summed E-state index contributed by atoms with van der Waals surface area (Å²) in [5.41, 5.74) is 7.94. The van der Waals surface area contributed by atoms with Crippen molar-refractivity contribution >= 4 is 29.3 Å². The third kappa shape index (κ3) is 5.40. The summed E-state index contributed by atoms with van der Waals surface area (Å²) in [7, 11) is 0. The molecule has 1 aromatic carbocycles. The lowest BCUT2D eigenvalue weighted by molar-refractivity contribution is -0.117. The molecule has 1 atom stereocenters. The number of carbonyl (C=O) groups is 2. The predicted octanol–water partition coefficient (Wildman–Crippen LogP) is 1.76. The van der Waals surface area contributed by atoms with Crippen LogP contribution in [0, 0.1) is 6.92 Å². The van der Waals surface area contributed by atoms with Gasteiger partial charge in [0.2, 0.25) is 5.91 Å². The summed E-state index contributed by atoms with van der Waals surface area (Å²) in [6.45, 7) is 4.31. The standard InChI is InChI=1S/C15H23N3O2S/c1-4-17-14(19)11-5-6-13(10(2)9-11)18-15(20)12(16)7-8-21-3/h5-6,9,12H,4,7-8,16H2,1-3H3,(H,17,19)(H,18,20)/t12-/m0/s1. The molecule has 0 unspecified atom stereocenters. The number of nitrogens with two attached hydrogens (primary N) is 1. The van der Waals surface area contributed by atoms with Crippen molar-refractivity contribution in [1.29, 1.82) is 0 Å². The van der Waals surface area contributed by atoms with Crippen LogP contribution in [-0.2, 0) is 4.79 Å². The van der Waals surface area contributed by atoms with E-state index >= 15 is 0 Å². The summed E-state index contributed by atoms with van der Waals surface area (Å²) >= 11 is 1.66. The Hall–Kier alpha value is -1.53. The number of nitrogens with one attached hydrogen (secondary N) is 2. The molecule has 0 aliphatic carbocycles. The van der Waals surface area contributed by atoms with Gasteiger partial charge in [0.05, 0.1) is 6.04 Å². The van der Waals surface area contributed by atoms with Gasteiger partial charge in [0.25, 0.3) is 5.91 Å². The average Bonchev–Trinajstić information content (AvgIpc) is 2.46. The number of carbonyl (C=O) groups excluding carboxylic acids is 2. The molecule has 0 fully saturated rings. The van der Waals surface area contributed by atoms with Crippen LogP contribution in [-0.4, -0.2) is 36.4 Å². The molecule has 0 heterocycles. The topological polar surface area (TPSA) is 84.2 Å². The quantitative estimate of drug-likeness (QED) is 0.716. The summed E-state index contributed by atoms with van der Waals surface area (Å²) in [6.07, 6.45) is 2.62. The van der Waals surface area contributed by atoms with Gasteiger partial charge in [-0.05, 0) is 56.0 Å². The Kier molecular flexibility index (Phi) is 7.25. The lowest BCUT2D eigenvalue weighted by Gasteiger charge is -2.14. The zero-order valence-corrected chi connectivity index (χ0v) is 13.5. The lowest BCUT2D eigenvalue weighted by atomic mass is 10.1. The van der Waals surface area contributed by atoms with Gasteiger partial charge in [0.15, 0.2) is 0 Å². The van der Waals surface area contributed by atoms with Crippen molar-refractivity contribution in [3.63, 3.8) is 0 Å². The molecule has 21 heavy (non-hydrogen) atoms. The fraction of sp³-hybridized carbons (Fsp3) is 0.467. The van der Waals surface area contributed by atoms with Crippen LogP contribution in [0.3, 0.4) is 0 Å². The van der Waals surface area contributed by atoms with Crippen LogP contribution in [0.2, 0.25) is 0 Å². The highest BCUT2D eigenvalue weighted by molar-refractivity contribution is 7.98. The molecule has 2 amide bonds. The highest BCUT2D eigenvalue weighted by Gasteiger charge is 2.14. The molecule has 0 aliphatic rings. The third-order valence-electron chi connectivity index (χ3n) is 3.05. The van der Waals surface area contributed by atoms with E-state index in [9.17, 15) is 9.59 Å². The molecule has 0 spiro atoms. The molecular formula is C15H23N3O2S. The molecule has 5 nitrogen and oxygen atoms in total. The van der Waals surface area contributed by atoms with Gasteiger partial charge < -0.3 is 16.4 Å². The number of rotatable bonds is 7. The van der Waals surface area contributed by atoms with Crippen molar-refractivity contribution in [2.45, 2.75) is 26.3 Å². The molecule has 0 aliphatic heterocycles. The Morgan fingerprint density at radius 1 is 1.38 bits per heavy atom. The van der Waals surface area contributed by atoms with Crippen molar-refractivity contribution < 1.29 is 9.59 Å². The summed E-state index contributed by atoms with van der Waals surface area (Å²) in [6, 6.07) is 4.67. The predicted molar refractivity (Wildman–Crippen MR) is 88.8 cm³/mol. The van der Waals surface area contributed by atoms with Crippen LogP contribution in [0.5, 0.6) is 0 Å². The van der Waals surface area contributed by atoms with Crippen molar-refractivity contribution in [3.05, 3.63) is 29.3 Å². The zero-order chi connectivity index (χ0) is 15.8. The number of hydrogen-bond donors (Lipinski definition) is 3. The van der Waals surface area contributed by atoms with E-state index in [1.807, 2.05) is 20.1 Å². The van der Waals surface area contributed by atoms with E-state index in [1.54, 1.807) is 30.0 Å². The molecule has 0 saturated carbocycles. The Bertz CT molecular complexity index is 506. The maximum atomic E-state index is 12.0. The number of aryl methyl sites for hydroxylation is 1. The molecule has 116 valence electrons. The lowest BCUT2D eigenvalue weighted by Crippen LogP contribution is -2.36. The Balaban J connectivity index is 2.72. The van der Waals surface area contributed by atoms with Gasteiger partial charge in [-0.2, -0.15) is 11.8 Å². The first kappa shape index (κ1) is 17.5. The van der Waals surface area contributed by atoms with Crippen LogP contribution in [0.4, 0.5) is 5.69 Å². The molecule has 0 aromatic heterocycles. The number of hydrogen-bond acceptors (Lipinski definition) is 4. The maximum Gasteiger partial charge on any atom is 0.251 e. The molecule has 1 aromatic rings. The molecule has 0 saturated heterocycles. The average molecular weight is 309 g/mol. The Morgan fingerprint density at radius 2 is 2.10 bits per heavy atom. The Morgan fingerprint density at radius 3 is 2.67 bits per heavy atom. The second-order valence-corrected chi connectivity index (χ2v) is 5.75. The molecular weight excluding hydrogens is 286 g/mol. The van der Waals surface area contributed by atoms with Gasteiger partial charge in [0.1, 0.15) is 0 Å². The van der Waals surface area contributed by atoms with E-state index in [-0.39, 0.29) is 11.8 Å². The van der Waals surface area contributed by atoms with E-state index < -0.39 is 6.04 Å². The first-order valence-corrected chi connectivity index (χ1v) is 8.33. The number of amides is 2. The normalized spacial score (nSPS) is 11.8. The van der Waals surface area contributed by atoms with Crippen LogP contribution in [0.25, 0.3) is 0 Å². The van der Waals surface area contributed by atoms with Crippen molar-refractivity contribution in [2.75, 3.05) is 23.9 Å². The van der Waals surface area contributed by atoms with E-state index in [1.165, 1.54) is 0 Å². The first-order valence-electron chi connectivity index (χ1n) is 6.93. The minimum absolute atomic E-state index is 0.116. The minimum atomic E-state index is -0.514. The van der Waals surface area contributed by atoms with Crippen molar-refractivity contribution in [2.24, 2.45) is 5.73 Å². The maximum absolute atomic E-state index is 12.0. The summed E-state index contributed by atoms with van der Waals surface area (Å²) in [4.78, 5) is 23.7. The summed E-state index contributed by atoms with van der Waals surface area (Å²) < 4.78 is 0. The fourth-order valence-electron chi connectivity index (χ4n) is 1.81. The summed E-state index contributed by atoms with van der Waals surface area (Å²) in [5, 5.41) is 5.55. The number of thioether (sulfide) groups is 1. The van der Waals surface area contributed by atoms with E-state index in [2.05, 4.69) is 10.6 Å². The van der Waals surface area contributed by atoms with Crippen LogP contribution in [0.1, 0.15) is 29.3 Å². The van der Waals surface area contributed by atoms with Crippen LogP contribution < -0.4 is 16.4 Å². The number of anilines is 1. The van der Waals surface area contributed by atoms with E-state index in [0.717, 1.165) is 11.3 Å². The van der Waals surface area contributed by atoms with Gasteiger partial charge in [-0.25, -0.2) is 0 Å². The first-order chi connectivity index (χ1) is 9.99. The van der Waals surface area contributed by atoms with Gasteiger partial charge in [0, 0.05) is 17.8 Å². The third-order valence-corrected chi connectivity index (χ3v) is 3.70. The molecule has 0 radical (unpaired) electrons. The van der Waals surface area contributed by atoms with Gasteiger partial charge in [-0.15, -0.1) is 0 Å². The van der Waals surface area contributed by atoms with E-state index in [0.29, 0.717) is 24.2 Å². The summed E-state index contributed by atoms with van der Waals surface area (Å²) in [5.74, 6) is 0.539. The SMILES string of the molecule is CCNC(=O)c1ccc(NC(=O)[C@@H](N)CCSC)c(C)c1. The second-order valence-electron chi connectivity index (χ2n) is 4.77. The second kappa shape index (κ2) is 8.69.